The maximum absolute atomic E-state index is 14.2. The van der Waals surface area contributed by atoms with Crippen LogP contribution in [-0.2, 0) is 33.5 Å². The van der Waals surface area contributed by atoms with E-state index in [1.54, 1.807) is 70.1 Å². The zero-order chi connectivity index (χ0) is 37.8. The highest BCUT2D eigenvalue weighted by Gasteiger charge is 2.54. The fourth-order valence-electron chi connectivity index (χ4n) is 6.85. The molecule has 2 aliphatic carbocycles. The number of Topliss-reactive ketones (excluding diaryl/α,β-unsaturated/α-hetero) is 1. The van der Waals surface area contributed by atoms with Crippen molar-refractivity contribution in [3.63, 3.8) is 0 Å². The van der Waals surface area contributed by atoms with Gasteiger partial charge in [-0.1, -0.05) is 63.9 Å². The molecule has 1 saturated heterocycles. The highest BCUT2D eigenvalue weighted by molar-refractivity contribution is 6.38. The molecule has 280 valence electrons. The van der Waals surface area contributed by atoms with Crippen molar-refractivity contribution in [2.75, 3.05) is 20.6 Å². The average molecular weight is 711 g/mol. The smallest absolute Gasteiger partial charge is 0.408 e. The molecule has 14 nitrogen and oxygen atoms in total. The first kappa shape index (κ1) is 39.3. The minimum absolute atomic E-state index is 0.141. The van der Waals surface area contributed by atoms with Crippen molar-refractivity contribution in [1.82, 2.24) is 31.1 Å². The van der Waals surface area contributed by atoms with E-state index < -0.39 is 77.2 Å². The molecule has 1 heterocycles. The number of carbonyl (C=O) groups is 7. The fraction of sp³-hybridized carbons (Fsp3) is 0.649. The summed E-state index contributed by atoms with van der Waals surface area (Å²) in [5.74, 6) is -3.90. The third-order valence-corrected chi connectivity index (χ3v) is 9.54. The van der Waals surface area contributed by atoms with Gasteiger partial charge < -0.3 is 35.8 Å². The number of rotatable bonds is 13. The summed E-state index contributed by atoms with van der Waals surface area (Å²) >= 11 is 0. The Bertz CT molecular complexity index is 1500. The first-order chi connectivity index (χ1) is 23.8. The van der Waals surface area contributed by atoms with E-state index >= 15 is 0 Å². The van der Waals surface area contributed by atoms with Crippen LogP contribution < -0.4 is 21.3 Å². The van der Waals surface area contributed by atoms with E-state index in [0.29, 0.717) is 18.4 Å². The van der Waals surface area contributed by atoms with E-state index in [1.807, 2.05) is 20.8 Å². The minimum atomic E-state index is -1.16. The summed E-state index contributed by atoms with van der Waals surface area (Å²) in [5.41, 5.74) is -0.937. The molecule has 3 aliphatic rings. The molecule has 3 unspecified atom stereocenters. The second kappa shape index (κ2) is 15.8. The molecule has 1 aromatic rings. The molecule has 2 bridgehead atoms. The Morgan fingerprint density at radius 1 is 0.882 bits per heavy atom. The summed E-state index contributed by atoms with van der Waals surface area (Å²) in [6.07, 6.45) is 3.27. The number of hydrogen-bond acceptors (Lipinski definition) is 8. The van der Waals surface area contributed by atoms with Gasteiger partial charge in [-0.3, -0.25) is 28.8 Å². The molecule has 1 aliphatic heterocycles. The molecule has 0 aromatic heterocycles. The van der Waals surface area contributed by atoms with Gasteiger partial charge in [-0.25, -0.2) is 4.79 Å². The average Bonchev–Trinajstić information content (AvgIpc) is 3.62. The molecule has 3 fully saturated rings. The van der Waals surface area contributed by atoms with Gasteiger partial charge >= 0.3 is 6.09 Å². The van der Waals surface area contributed by atoms with Crippen LogP contribution in [0.2, 0.25) is 0 Å². The second-order valence-electron chi connectivity index (χ2n) is 16.3. The summed E-state index contributed by atoms with van der Waals surface area (Å²) < 4.78 is 5.43. The van der Waals surface area contributed by atoms with Crippen molar-refractivity contribution in [1.29, 1.82) is 0 Å². The summed E-state index contributed by atoms with van der Waals surface area (Å²) in [6.45, 7) is 10.1. The number of likely N-dealkylation sites (tertiary alicyclic amines) is 1. The Morgan fingerprint density at radius 2 is 1.53 bits per heavy atom. The topological polar surface area (TPSA) is 183 Å². The van der Waals surface area contributed by atoms with Crippen LogP contribution in [-0.4, -0.2) is 102 Å². The predicted octanol–water partition coefficient (Wildman–Crippen LogP) is 2.22. The van der Waals surface area contributed by atoms with Crippen LogP contribution in [0.15, 0.2) is 30.3 Å². The van der Waals surface area contributed by atoms with Crippen LogP contribution in [0, 0.1) is 17.3 Å². The number of piperidine rings is 1. The van der Waals surface area contributed by atoms with E-state index in [0.717, 1.165) is 19.3 Å². The number of ketones is 1. The van der Waals surface area contributed by atoms with E-state index in [1.165, 1.54) is 4.90 Å². The van der Waals surface area contributed by atoms with Crippen LogP contribution in [0.5, 0.6) is 0 Å². The summed E-state index contributed by atoms with van der Waals surface area (Å²) in [6, 6.07) is 4.43. The predicted molar refractivity (Wildman–Crippen MR) is 188 cm³/mol. The molecule has 0 spiro atoms. The Hall–Kier alpha value is -4.49. The van der Waals surface area contributed by atoms with E-state index in [-0.39, 0.29) is 30.2 Å². The van der Waals surface area contributed by atoms with E-state index in [2.05, 4.69) is 21.3 Å². The Labute approximate surface area is 300 Å². The maximum Gasteiger partial charge on any atom is 0.408 e. The standard InChI is InChI=1S/C37H54N6O8/c1-36(2,3)30(41-35(50)51-37(4,5)6)34(49)43-24-17-16-23(19-24)28(43)31(46)39-25(18-21-14-15-21)29(45)32(47)38-20-26(44)40-27(33(48)42(7)8)22-12-10-9-11-13-22/h9-13,21,23-25,27-28,30H,14-20H2,1-8H3,(H,38,47)(H,39,46)(H,40,44)(H,41,50)/t23?,24?,25?,27-,28+,30-/m1/s1. The largest absolute Gasteiger partial charge is 0.444 e. The normalized spacial score (nSPS) is 21.5. The van der Waals surface area contributed by atoms with Crippen molar-refractivity contribution in [2.45, 2.75) is 116 Å². The van der Waals surface area contributed by atoms with Crippen molar-refractivity contribution in [2.24, 2.45) is 17.3 Å². The number of alkyl carbamates (subject to hydrolysis) is 1. The summed E-state index contributed by atoms with van der Waals surface area (Å²) in [7, 11) is 3.13. The number of nitrogens with one attached hydrogen (secondary N) is 4. The van der Waals surface area contributed by atoms with Gasteiger partial charge in [0.15, 0.2) is 0 Å². The molecule has 6 atom stereocenters. The van der Waals surface area contributed by atoms with Crippen LogP contribution in [0.25, 0.3) is 0 Å². The lowest BCUT2D eigenvalue weighted by Gasteiger charge is -2.40. The molecular weight excluding hydrogens is 656 g/mol. The van der Waals surface area contributed by atoms with Crippen LogP contribution >= 0.6 is 0 Å². The Morgan fingerprint density at radius 3 is 2.10 bits per heavy atom. The summed E-state index contributed by atoms with van der Waals surface area (Å²) in [5, 5.41) is 10.5. The van der Waals surface area contributed by atoms with Gasteiger partial charge in [0.05, 0.1) is 12.6 Å². The number of carbonyl (C=O) groups excluding carboxylic acids is 7. The minimum Gasteiger partial charge on any atom is -0.444 e. The van der Waals surface area contributed by atoms with Gasteiger partial charge in [0, 0.05) is 20.1 Å². The third kappa shape index (κ3) is 10.3. The maximum atomic E-state index is 14.2. The zero-order valence-electron chi connectivity index (χ0n) is 31.0. The number of likely N-dealkylation sites (N-methyl/N-ethyl adjacent to an activating group) is 1. The van der Waals surface area contributed by atoms with Gasteiger partial charge in [-0.15, -0.1) is 0 Å². The monoisotopic (exact) mass is 710 g/mol. The third-order valence-electron chi connectivity index (χ3n) is 9.54. The number of benzene rings is 1. The molecule has 1 aromatic carbocycles. The highest BCUT2D eigenvalue weighted by Crippen LogP contribution is 2.44. The van der Waals surface area contributed by atoms with E-state index in [9.17, 15) is 33.6 Å². The zero-order valence-corrected chi connectivity index (χ0v) is 31.0. The number of fused-ring (bicyclic) bond motifs is 2. The Kier molecular flexibility index (Phi) is 12.2. The molecule has 14 heteroatoms. The SMILES string of the molecule is CN(C)C(=O)[C@H](NC(=O)CNC(=O)C(=O)C(CC1CC1)NC(=O)[C@@H]1C2CCC(C2)N1C(=O)[C@@H](NC(=O)OC(C)(C)C)C(C)(C)C)c1ccccc1. The molecule has 4 rings (SSSR count). The van der Waals surface area contributed by atoms with Crippen molar-refractivity contribution in [3.05, 3.63) is 35.9 Å². The highest BCUT2D eigenvalue weighted by atomic mass is 16.6. The number of amides is 6. The molecule has 2 saturated carbocycles. The van der Waals surface area contributed by atoms with E-state index in [4.69, 9.17) is 4.74 Å². The molecule has 0 radical (unpaired) electrons. The number of hydrogen-bond donors (Lipinski definition) is 4. The molecule has 4 N–H and O–H groups in total. The first-order valence-electron chi connectivity index (χ1n) is 17.8. The first-order valence-corrected chi connectivity index (χ1v) is 17.8. The molecular formula is C37H54N6O8. The van der Waals surface area contributed by atoms with Crippen molar-refractivity contribution >= 4 is 41.4 Å². The van der Waals surface area contributed by atoms with Crippen molar-refractivity contribution < 1.29 is 38.3 Å². The van der Waals surface area contributed by atoms with Gasteiger partial charge in [0.25, 0.3) is 5.91 Å². The second-order valence-corrected chi connectivity index (χ2v) is 16.3. The summed E-state index contributed by atoms with van der Waals surface area (Å²) in [4.78, 5) is 96.2. The molecule has 6 amide bonds. The van der Waals surface area contributed by atoms with Gasteiger partial charge in [0.2, 0.25) is 29.4 Å². The lowest BCUT2D eigenvalue weighted by atomic mass is 9.85. The number of nitrogens with zero attached hydrogens (tertiary/aromatic N) is 2. The molecule has 51 heavy (non-hydrogen) atoms. The van der Waals surface area contributed by atoms with Crippen molar-refractivity contribution in [3.8, 4) is 0 Å². The fourth-order valence-corrected chi connectivity index (χ4v) is 6.85. The van der Waals surface area contributed by atoms with Crippen LogP contribution in [0.4, 0.5) is 4.79 Å². The van der Waals surface area contributed by atoms with Crippen LogP contribution in [0.1, 0.15) is 91.7 Å². The lowest BCUT2D eigenvalue weighted by Crippen LogP contribution is -2.62. The number of ether oxygens (including phenoxy) is 1. The quantitative estimate of drug-likeness (QED) is 0.225. The van der Waals surface area contributed by atoms with Gasteiger partial charge in [-0.2, -0.15) is 0 Å². The van der Waals surface area contributed by atoms with Crippen LogP contribution in [0.3, 0.4) is 0 Å². The van der Waals surface area contributed by atoms with Gasteiger partial charge in [0.1, 0.15) is 23.7 Å². The Balaban J connectivity index is 1.44. The lowest BCUT2D eigenvalue weighted by molar-refractivity contribution is -0.147. The van der Waals surface area contributed by atoms with Gasteiger partial charge in [-0.05, 0) is 69.3 Å².